The molecule has 2 rings (SSSR count). The monoisotopic (exact) mass is 336 g/mol. The number of hydrogen-bond acceptors (Lipinski definition) is 5. The van der Waals surface area contributed by atoms with Crippen LogP contribution in [0.1, 0.15) is 77.1 Å². The van der Waals surface area contributed by atoms with E-state index < -0.39 is 0 Å². The van der Waals surface area contributed by atoms with Crippen molar-refractivity contribution in [1.82, 2.24) is 20.8 Å². The Kier molecular flexibility index (Phi) is 6.75. The first kappa shape index (κ1) is 18.4. The molecule has 0 unspecified atom stereocenters. The maximum atomic E-state index is 12.1. The fraction of sp³-hybridized carbons (Fsp3) is 0.765. The lowest BCUT2D eigenvalue weighted by atomic mass is 9.95. The maximum absolute atomic E-state index is 12.1. The highest BCUT2D eigenvalue weighted by Crippen LogP contribution is 2.20. The minimum atomic E-state index is -0.315. The van der Waals surface area contributed by atoms with Gasteiger partial charge in [0.15, 0.2) is 5.82 Å². The van der Waals surface area contributed by atoms with Crippen molar-refractivity contribution in [3.8, 4) is 0 Å². The van der Waals surface area contributed by atoms with Crippen molar-refractivity contribution in [2.24, 2.45) is 5.92 Å². The minimum absolute atomic E-state index is 0.0748. The summed E-state index contributed by atoms with van der Waals surface area (Å²) < 4.78 is 5.26. The average Bonchev–Trinajstić information content (AvgIpc) is 2.95. The van der Waals surface area contributed by atoms with Crippen LogP contribution in [-0.2, 0) is 16.0 Å². The summed E-state index contributed by atoms with van der Waals surface area (Å²) in [5, 5.41) is 9.75. The zero-order valence-electron chi connectivity index (χ0n) is 14.8. The minimum Gasteiger partial charge on any atom is -0.353 e. The van der Waals surface area contributed by atoms with Crippen LogP contribution in [0.15, 0.2) is 4.52 Å². The van der Waals surface area contributed by atoms with Gasteiger partial charge in [-0.15, -0.1) is 0 Å². The van der Waals surface area contributed by atoms with Gasteiger partial charge in [0.05, 0.1) is 6.42 Å². The van der Waals surface area contributed by atoms with Gasteiger partial charge in [-0.2, -0.15) is 4.98 Å². The van der Waals surface area contributed by atoms with Gasteiger partial charge in [0.1, 0.15) is 6.04 Å². The second-order valence-electron chi connectivity index (χ2n) is 7.01. The molecule has 1 aliphatic rings. The summed E-state index contributed by atoms with van der Waals surface area (Å²) in [6, 6.07) is -0.0455. The number of carbonyl (C=O) groups excluding carboxylic acids is 2. The smallest absolute Gasteiger partial charge is 0.249 e. The van der Waals surface area contributed by atoms with Crippen molar-refractivity contribution < 1.29 is 14.1 Å². The molecule has 1 aliphatic carbocycles. The zero-order valence-corrected chi connectivity index (χ0v) is 14.8. The molecule has 1 saturated carbocycles. The summed E-state index contributed by atoms with van der Waals surface area (Å²) in [6.45, 7) is 5.58. The highest BCUT2D eigenvalue weighted by molar-refractivity contribution is 5.78. The Bertz CT molecular complexity index is 550. The second-order valence-corrected chi connectivity index (χ2v) is 7.01. The molecule has 7 heteroatoms. The van der Waals surface area contributed by atoms with Crippen LogP contribution < -0.4 is 10.6 Å². The number of rotatable bonds is 7. The molecule has 0 aromatic carbocycles. The maximum Gasteiger partial charge on any atom is 0.249 e. The molecule has 7 nitrogen and oxygen atoms in total. The molecular formula is C17H28N4O3. The standard InChI is InChI=1S/C17H28N4O3/c1-11(2)9-14(18-12(3)22)17-20-15(21-24-17)10-16(23)19-13-7-5-4-6-8-13/h11,13-14H,4-10H2,1-3H3,(H,18,22)(H,19,23)/t14-/m0/s1. The van der Waals surface area contributed by atoms with Gasteiger partial charge >= 0.3 is 0 Å². The van der Waals surface area contributed by atoms with Gasteiger partial charge in [0.2, 0.25) is 17.7 Å². The zero-order chi connectivity index (χ0) is 17.5. The van der Waals surface area contributed by atoms with Crippen LogP contribution in [0.2, 0.25) is 0 Å². The summed E-state index contributed by atoms with van der Waals surface area (Å²) >= 11 is 0. The Labute approximate surface area is 143 Å². The van der Waals surface area contributed by atoms with Crippen LogP contribution in [0.4, 0.5) is 0 Å². The predicted octanol–water partition coefficient (Wildman–Crippen LogP) is 2.28. The molecule has 134 valence electrons. The van der Waals surface area contributed by atoms with E-state index in [9.17, 15) is 9.59 Å². The lowest BCUT2D eigenvalue weighted by molar-refractivity contribution is -0.121. The van der Waals surface area contributed by atoms with Crippen LogP contribution >= 0.6 is 0 Å². The van der Waals surface area contributed by atoms with Gasteiger partial charge in [0.25, 0.3) is 0 Å². The molecule has 2 amide bonds. The van der Waals surface area contributed by atoms with Gasteiger partial charge in [-0.1, -0.05) is 38.3 Å². The van der Waals surface area contributed by atoms with Crippen molar-refractivity contribution in [2.45, 2.75) is 77.8 Å². The number of nitrogens with one attached hydrogen (secondary N) is 2. The molecule has 1 aromatic rings. The van der Waals surface area contributed by atoms with Crippen molar-refractivity contribution in [3.05, 3.63) is 11.7 Å². The predicted molar refractivity (Wildman–Crippen MR) is 89.0 cm³/mol. The van der Waals surface area contributed by atoms with Gasteiger partial charge < -0.3 is 15.2 Å². The lowest BCUT2D eigenvalue weighted by Gasteiger charge is -2.22. The summed E-state index contributed by atoms with van der Waals surface area (Å²) in [7, 11) is 0. The first-order valence-electron chi connectivity index (χ1n) is 8.83. The molecule has 1 atom stereocenters. The fourth-order valence-electron chi connectivity index (χ4n) is 3.09. The number of nitrogens with zero attached hydrogens (tertiary/aromatic N) is 2. The molecule has 0 bridgehead atoms. The average molecular weight is 336 g/mol. The molecule has 2 N–H and O–H groups in total. The van der Waals surface area contributed by atoms with E-state index in [0.717, 1.165) is 12.8 Å². The third-order valence-corrected chi connectivity index (χ3v) is 4.16. The summed E-state index contributed by atoms with van der Waals surface area (Å²) in [6.07, 6.45) is 6.49. The summed E-state index contributed by atoms with van der Waals surface area (Å²) in [5.41, 5.74) is 0. The third-order valence-electron chi connectivity index (χ3n) is 4.16. The van der Waals surface area contributed by atoms with Crippen LogP contribution in [0, 0.1) is 5.92 Å². The molecule has 0 saturated heterocycles. The second kappa shape index (κ2) is 8.80. The quantitative estimate of drug-likeness (QED) is 0.796. The number of carbonyl (C=O) groups is 2. The molecule has 0 spiro atoms. The number of aromatic nitrogens is 2. The van der Waals surface area contributed by atoms with Gasteiger partial charge in [0, 0.05) is 13.0 Å². The van der Waals surface area contributed by atoms with E-state index in [4.69, 9.17) is 4.52 Å². The van der Waals surface area contributed by atoms with E-state index in [-0.39, 0.29) is 30.3 Å². The summed E-state index contributed by atoms with van der Waals surface area (Å²) in [4.78, 5) is 27.8. The van der Waals surface area contributed by atoms with E-state index in [1.165, 1.54) is 26.2 Å². The number of amides is 2. The van der Waals surface area contributed by atoms with Crippen LogP contribution in [0.25, 0.3) is 0 Å². The molecular weight excluding hydrogens is 308 g/mol. The first-order chi connectivity index (χ1) is 11.4. The Morgan fingerprint density at radius 1 is 1.25 bits per heavy atom. The largest absolute Gasteiger partial charge is 0.353 e. The SMILES string of the molecule is CC(=O)N[C@@H](CC(C)C)c1nc(CC(=O)NC2CCCCC2)no1. The molecule has 0 radical (unpaired) electrons. The Balaban J connectivity index is 1.92. The van der Waals surface area contributed by atoms with E-state index in [1.54, 1.807) is 0 Å². The van der Waals surface area contributed by atoms with Crippen LogP contribution in [0.5, 0.6) is 0 Å². The van der Waals surface area contributed by atoms with Gasteiger partial charge in [-0.3, -0.25) is 9.59 Å². The normalized spacial score (nSPS) is 16.8. The van der Waals surface area contributed by atoms with Crippen molar-refractivity contribution in [3.63, 3.8) is 0 Å². The van der Waals surface area contributed by atoms with E-state index in [2.05, 4.69) is 34.6 Å². The summed E-state index contributed by atoms with van der Waals surface area (Å²) in [5.74, 6) is 0.869. The van der Waals surface area contributed by atoms with Crippen molar-refractivity contribution in [1.29, 1.82) is 0 Å². The van der Waals surface area contributed by atoms with E-state index >= 15 is 0 Å². The highest BCUT2D eigenvalue weighted by atomic mass is 16.5. The Hall–Kier alpha value is -1.92. The molecule has 24 heavy (non-hydrogen) atoms. The van der Waals surface area contributed by atoms with Crippen LogP contribution in [-0.4, -0.2) is 28.0 Å². The molecule has 1 heterocycles. The van der Waals surface area contributed by atoms with Crippen molar-refractivity contribution >= 4 is 11.8 Å². The Morgan fingerprint density at radius 3 is 2.58 bits per heavy atom. The molecule has 1 fully saturated rings. The van der Waals surface area contributed by atoms with Gasteiger partial charge in [-0.05, 0) is 25.2 Å². The van der Waals surface area contributed by atoms with Crippen LogP contribution in [0.3, 0.4) is 0 Å². The fourth-order valence-corrected chi connectivity index (χ4v) is 3.09. The number of hydrogen-bond donors (Lipinski definition) is 2. The topological polar surface area (TPSA) is 97.1 Å². The van der Waals surface area contributed by atoms with E-state index in [1.807, 2.05) is 0 Å². The molecule has 0 aliphatic heterocycles. The van der Waals surface area contributed by atoms with Gasteiger partial charge in [-0.25, -0.2) is 0 Å². The highest BCUT2D eigenvalue weighted by Gasteiger charge is 2.23. The Morgan fingerprint density at radius 2 is 1.96 bits per heavy atom. The van der Waals surface area contributed by atoms with Crippen molar-refractivity contribution in [2.75, 3.05) is 0 Å². The molecule has 1 aromatic heterocycles. The van der Waals surface area contributed by atoms with E-state index in [0.29, 0.717) is 24.1 Å². The lowest BCUT2D eigenvalue weighted by Crippen LogP contribution is -2.37. The first-order valence-corrected chi connectivity index (χ1v) is 8.83. The third kappa shape index (κ3) is 5.94.